The smallest absolute Gasteiger partial charge is 0.172 e. The maximum absolute atomic E-state index is 9.82. The summed E-state index contributed by atoms with van der Waals surface area (Å²) >= 11 is 0. The summed E-state index contributed by atoms with van der Waals surface area (Å²) in [5.41, 5.74) is 1.70. The van der Waals surface area contributed by atoms with E-state index < -0.39 is 68.5 Å². The third kappa shape index (κ3) is 5.99. The molecule has 0 bridgehead atoms. The van der Waals surface area contributed by atoms with Crippen LogP contribution in [0.4, 0.5) is 17.1 Å². The summed E-state index contributed by atoms with van der Waals surface area (Å²) in [6.07, 6.45) is 0. The molecule has 0 aliphatic carbocycles. The number of hydrogen-bond acceptors (Lipinski definition) is 1. The quantitative estimate of drug-likeness (QED) is 0.115. The van der Waals surface area contributed by atoms with Gasteiger partial charge in [0, 0.05) is 17.1 Å². The molecule has 220 valence electrons. The Bertz CT molecular complexity index is 2450. The maximum atomic E-state index is 9.82. The molecule has 0 saturated carbocycles. The lowest BCUT2D eigenvalue weighted by molar-refractivity contribution is 1.28. The third-order valence-electron chi connectivity index (χ3n) is 7.78. The first-order chi connectivity index (χ1) is 27.8. The van der Waals surface area contributed by atoms with Crippen molar-refractivity contribution in [3.63, 3.8) is 0 Å². The van der Waals surface area contributed by atoms with E-state index in [1.165, 1.54) is 0 Å². The number of hydrogen-bond donors (Lipinski definition) is 0. The zero-order valence-corrected chi connectivity index (χ0v) is 25.7. The standard InChI is InChI=1S/C44H35NSi/c1-6-16-39(17-7-1)45(40-18-8-2-9-19-40)41-32-30-38(31-33-41)37-28-26-36(27-29-37)34-35-46(42-20-10-3-11-21-42,43-22-12-4-13-23-43)44-24-14-5-15-25-44/h1-35H/b35-34+/i1D,2D,6D,7D,8D,9D,16D,17D,18D,19D,34D,35D. The van der Waals surface area contributed by atoms with Gasteiger partial charge < -0.3 is 4.90 Å². The highest BCUT2D eigenvalue weighted by Crippen LogP contribution is 2.35. The Hall–Kier alpha value is -5.70. The predicted octanol–water partition coefficient (Wildman–Crippen LogP) is 9.55. The predicted molar refractivity (Wildman–Crippen MR) is 200 cm³/mol. The Labute approximate surface area is 290 Å². The second kappa shape index (κ2) is 13.5. The highest BCUT2D eigenvalue weighted by atomic mass is 28.3. The number of nitrogens with zero attached hydrogens (tertiary/aromatic N) is 1. The number of rotatable bonds is 9. The van der Waals surface area contributed by atoms with Crippen molar-refractivity contribution < 1.29 is 16.4 Å². The number of anilines is 3. The topological polar surface area (TPSA) is 3.24 Å². The van der Waals surface area contributed by atoms with Crippen LogP contribution in [0, 0.1) is 0 Å². The van der Waals surface area contributed by atoms with E-state index in [0.29, 0.717) is 11.1 Å². The monoisotopic (exact) mass is 617 g/mol. The van der Waals surface area contributed by atoms with Crippen molar-refractivity contribution >= 4 is 46.7 Å². The van der Waals surface area contributed by atoms with E-state index in [1.54, 1.807) is 36.4 Å². The Morgan fingerprint density at radius 3 is 1.24 bits per heavy atom. The highest BCUT2D eigenvalue weighted by Gasteiger charge is 2.36. The van der Waals surface area contributed by atoms with Gasteiger partial charge in [0.1, 0.15) is 0 Å². The van der Waals surface area contributed by atoms with Gasteiger partial charge in [-0.3, -0.25) is 0 Å². The van der Waals surface area contributed by atoms with Crippen molar-refractivity contribution in [3.8, 4) is 11.1 Å². The lowest BCUT2D eigenvalue weighted by Crippen LogP contribution is -2.66. The summed E-state index contributed by atoms with van der Waals surface area (Å²) in [5, 5.41) is 2.96. The van der Waals surface area contributed by atoms with E-state index >= 15 is 0 Å². The number of para-hydroxylation sites is 2. The minimum atomic E-state index is -3.23. The van der Waals surface area contributed by atoms with Crippen molar-refractivity contribution in [2.24, 2.45) is 0 Å². The lowest BCUT2D eigenvalue weighted by atomic mass is 10.0. The normalized spacial score (nSPS) is 15.5. The zero-order valence-electron chi connectivity index (χ0n) is 36.7. The van der Waals surface area contributed by atoms with Gasteiger partial charge in [-0.15, -0.1) is 0 Å². The zero-order chi connectivity index (χ0) is 41.5. The molecule has 7 aromatic carbocycles. The Morgan fingerprint density at radius 1 is 0.435 bits per heavy atom. The molecule has 0 aliphatic rings. The largest absolute Gasteiger partial charge is 0.311 e. The van der Waals surface area contributed by atoms with Crippen LogP contribution in [0.25, 0.3) is 17.2 Å². The van der Waals surface area contributed by atoms with Gasteiger partial charge in [0.2, 0.25) is 0 Å². The third-order valence-corrected chi connectivity index (χ3v) is 11.9. The maximum Gasteiger partial charge on any atom is 0.172 e. The molecule has 7 aromatic rings. The molecule has 1 nitrogen and oxygen atoms in total. The first kappa shape index (κ1) is 18.3. The van der Waals surface area contributed by atoms with Gasteiger partial charge in [-0.25, -0.2) is 0 Å². The fourth-order valence-corrected chi connectivity index (χ4v) is 9.42. The van der Waals surface area contributed by atoms with Crippen LogP contribution in [0.1, 0.15) is 22.0 Å². The second-order valence-corrected chi connectivity index (χ2v) is 14.0. The molecule has 0 aliphatic heterocycles. The van der Waals surface area contributed by atoms with Crippen molar-refractivity contribution in [2.75, 3.05) is 4.90 Å². The van der Waals surface area contributed by atoms with Crippen LogP contribution in [0.15, 0.2) is 206 Å². The molecule has 46 heavy (non-hydrogen) atoms. The molecule has 0 N–H and O–H groups in total. The number of benzene rings is 7. The van der Waals surface area contributed by atoms with Gasteiger partial charge >= 0.3 is 0 Å². The van der Waals surface area contributed by atoms with Crippen LogP contribution in [0.5, 0.6) is 0 Å². The Balaban J connectivity index is 1.33. The van der Waals surface area contributed by atoms with Crippen LogP contribution < -0.4 is 20.5 Å². The molecule has 7 rings (SSSR count). The molecule has 0 radical (unpaired) electrons. The Morgan fingerprint density at radius 2 is 0.826 bits per heavy atom. The summed E-state index contributed by atoms with van der Waals surface area (Å²) < 4.78 is 104. The molecule has 0 aromatic heterocycles. The van der Waals surface area contributed by atoms with E-state index in [0.717, 1.165) is 26.0 Å². The van der Waals surface area contributed by atoms with E-state index in [-0.39, 0.29) is 28.8 Å². The summed E-state index contributed by atoms with van der Waals surface area (Å²) in [4.78, 5) is 1.11. The van der Waals surface area contributed by atoms with Gasteiger partial charge in [0.25, 0.3) is 0 Å². The average molecular weight is 618 g/mol. The van der Waals surface area contributed by atoms with E-state index in [9.17, 15) is 2.74 Å². The van der Waals surface area contributed by atoms with E-state index in [1.807, 2.05) is 103 Å². The fourth-order valence-electron chi connectivity index (χ4n) is 5.58. The molecule has 0 unspecified atom stereocenters. The highest BCUT2D eigenvalue weighted by molar-refractivity contribution is 7.15. The summed E-state index contributed by atoms with van der Waals surface area (Å²) in [6, 6.07) is 37.6. The molecular weight excluding hydrogens is 571 g/mol. The first-order valence-electron chi connectivity index (χ1n) is 20.8. The first-order valence-corrected chi connectivity index (χ1v) is 16.8. The van der Waals surface area contributed by atoms with Crippen molar-refractivity contribution in [3.05, 3.63) is 211 Å². The van der Waals surface area contributed by atoms with Crippen molar-refractivity contribution in [1.29, 1.82) is 0 Å². The summed E-state index contributed by atoms with van der Waals surface area (Å²) in [7, 11) is -3.23. The summed E-state index contributed by atoms with van der Waals surface area (Å²) in [6.45, 7) is 0. The molecular formula is C44H35NSi. The van der Waals surface area contributed by atoms with Gasteiger partial charge in [0.05, 0.1) is 16.4 Å². The summed E-state index contributed by atoms with van der Waals surface area (Å²) in [5.74, 6) is 0. The van der Waals surface area contributed by atoms with E-state index in [4.69, 9.17) is 13.7 Å². The van der Waals surface area contributed by atoms with Gasteiger partial charge in [0.15, 0.2) is 8.07 Å². The Kier molecular flexibility index (Phi) is 5.38. The minimum absolute atomic E-state index is 0.0954. The van der Waals surface area contributed by atoms with Crippen LogP contribution in [0.3, 0.4) is 0 Å². The molecule has 0 amide bonds. The van der Waals surface area contributed by atoms with Crippen LogP contribution in [-0.4, -0.2) is 8.07 Å². The SMILES string of the molecule is [2H]/C(=C(/[2H])[Si](c1ccccc1)(c1ccccc1)c1ccccc1)c1ccc(-c2ccc(N(c3c([2H])c([2H])c([2H])c([2H])c3[2H])c3c([2H])c([2H])c([2H])c([2H])c3[2H])cc2)cc1. The molecule has 0 spiro atoms. The van der Waals surface area contributed by atoms with Gasteiger partial charge in [-0.1, -0.05) is 175 Å². The average Bonchev–Trinajstić information content (AvgIpc) is 3.27. The minimum Gasteiger partial charge on any atom is -0.311 e. The lowest BCUT2D eigenvalue weighted by Gasteiger charge is -2.30. The van der Waals surface area contributed by atoms with Crippen LogP contribution in [0.2, 0.25) is 0 Å². The van der Waals surface area contributed by atoms with Crippen LogP contribution in [-0.2, 0) is 0 Å². The van der Waals surface area contributed by atoms with Gasteiger partial charge in [-0.05, 0) is 68.6 Å². The molecule has 0 heterocycles. The van der Waals surface area contributed by atoms with Crippen molar-refractivity contribution in [1.82, 2.24) is 0 Å². The van der Waals surface area contributed by atoms with Crippen LogP contribution >= 0.6 is 0 Å². The molecule has 0 atom stereocenters. The molecule has 0 saturated heterocycles. The molecule has 2 heteroatoms. The van der Waals surface area contributed by atoms with Gasteiger partial charge in [-0.2, -0.15) is 0 Å². The molecule has 0 fully saturated rings. The van der Waals surface area contributed by atoms with Crippen molar-refractivity contribution in [2.45, 2.75) is 0 Å². The second-order valence-electron chi connectivity index (χ2n) is 10.5. The van der Waals surface area contributed by atoms with E-state index in [2.05, 4.69) is 0 Å². The fraction of sp³-hybridized carbons (Fsp3) is 0.